The standard InChI is InChI=1S/C26H38F3NO2/c27-22-26(28,29)20-12-10-8-6-4-2-1-3-5-7-9-11-13-21-30-24-17-14-23(15-18-24)16-19-25(31)32/h14-15,17-18,30H,1-13,20-22H2,(H,31,32). The number of benzene rings is 1. The van der Waals surface area contributed by atoms with E-state index in [1.54, 1.807) is 0 Å². The molecule has 0 saturated heterocycles. The van der Waals surface area contributed by atoms with Crippen LogP contribution in [0.3, 0.4) is 0 Å². The predicted octanol–water partition coefficient (Wildman–Crippen LogP) is 7.60. The van der Waals surface area contributed by atoms with Crippen LogP contribution >= 0.6 is 0 Å². The van der Waals surface area contributed by atoms with Crippen molar-refractivity contribution in [3.63, 3.8) is 0 Å². The molecule has 0 amide bonds. The minimum Gasteiger partial charge on any atom is -0.472 e. The zero-order chi connectivity index (χ0) is 23.5. The van der Waals surface area contributed by atoms with Gasteiger partial charge >= 0.3 is 5.97 Å². The first-order chi connectivity index (χ1) is 15.4. The van der Waals surface area contributed by atoms with E-state index >= 15 is 0 Å². The Morgan fingerprint density at radius 2 is 1.28 bits per heavy atom. The van der Waals surface area contributed by atoms with Crippen molar-refractivity contribution in [2.45, 2.75) is 95.8 Å². The van der Waals surface area contributed by atoms with E-state index in [1.807, 2.05) is 24.3 Å². The van der Waals surface area contributed by atoms with Gasteiger partial charge in [-0.25, -0.2) is 18.0 Å². The fraction of sp³-hybridized carbons (Fsp3) is 0.654. The highest BCUT2D eigenvalue weighted by atomic mass is 19.3. The summed E-state index contributed by atoms with van der Waals surface area (Å²) in [7, 11) is 0. The maximum Gasteiger partial charge on any atom is 0.382 e. The van der Waals surface area contributed by atoms with Crippen LogP contribution in [-0.4, -0.2) is 30.2 Å². The quantitative estimate of drug-likeness (QED) is 0.178. The van der Waals surface area contributed by atoms with Gasteiger partial charge in [0.25, 0.3) is 5.92 Å². The molecule has 0 spiro atoms. The summed E-state index contributed by atoms with van der Waals surface area (Å²) in [6, 6.07) is 7.46. The van der Waals surface area contributed by atoms with Crippen molar-refractivity contribution in [1.82, 2.24) is 0 Å². The van der Waals surface area contributed by atoms with Crippen LogP contribution in [0.4, 0.5) is 18.9 Å². The number of nitrogens with one attached hydrogen (secondary N) is 1. The Balaban J connectivity index is 1.86. The molecule has 0 heterocycles. The molecule has 32 heavy (non-hydrogen) atoms. The van der Waals surface area contributed by atoms with E-state index in [-0.39, 0.29) is 6.42 Å². The van der Waals surface area contributed by atoms with E-state index in [0.717, 1.165) is 44.3 Å². The highest BCUT2D eigenvalue weighted by Crippen LogP contribution is 2.22. The number of alkyl halides is 3. The van der Waals surface area contributed by atoms with Crippen molar-refractivity contribution in [3.05, 3.63) is 29.8 Å². The van der Waals surface area contributed by atoms with Gasteiger partial charge in [-0.15, -0.1) is 0 Å². The van der Waals surface area contributed by atoms with Crippen molar-refractivity contribution in [2.75, 3.05) is 18.5 Å². The summed E-state index contributed by atoms with van der Waals surface area (Å²) in [5, 5.41) is 11.9. The van der Waals surface area contributed by atoms with E-state index < -0.39 is 18.6 Å². The number of carbonyl (C=O) groups is 1. The van der Waals surface area contributed by atoms with Gasteiger partial charge in [-0.05, 0) is 37.1 Å². The first kappa shape index (κ1) is 27.9. The second kappa shape index (κ2) is 17.4. The van der Waals surface area contributed by atoms with Crippen LogP contribution in [0.15, 0.2) is 24.3 Å². The molecule has 0 unspecified atom stereocenters. The Morgan fingerprint density at radius 1 is 0.812 bits per heavy atom. The lowest BCUT2D eigenvalue weighted by atomic mass is 10.0. The zero-order valence-electron chi connectivity index (χ0n) is 19.1. The van der Waals surface area contributed by atoms with Crippen LogP contribution in [0.1, 0.15) is 95.5 Å². The number of unbranched alkanes of at least 4 members (excludes halogenated alkanes) is 12. The zero-order valence-corrected chi connectivity index (χ0v) is 19.1. The van der Waals surface area contributed by atoms with Gasteiger partial charge in [0.1, 0.15) is 0 Å². The SMILES string of the molecule is O=C(O)C#Cc1ccc(NCCCCCCCCCCCCCCCC(F)(F)CF)cc1. The average Bonchev–Trinajstić information content (AvgIpc) is 2.78. The molecule has 0 aromatic heterocycles. The molecule has 0 saturated carbocycles. The monoisotopic (exact) mass is 453 g/mol. The van der Waals surface area contributed by atoms with Gasteiger partial charge < -0.3 is 10.4 Å². The van der Waals surface area contributed by atoms with E-state index in [9.17, 15) is 18.0 Å². The van der Waals surface area contributed by atoms with Crippen LogP contribution in [0.25, 0.3) is 0 Å². The van der Waals surface area contributed by atoms with Gasteiger partial charge in [0.15, 0.2) is 6.67 Å². The first-order valence-electron chi connectivity index (χ1n) is 12.0. The lowest BCUT2D eigenvalue weighted by molar-refractivity contribution is -0.130. The van der Waals surface area contributed by atoms with E-state index in [4.69, 9.17) is 5.11 Å². The number of aliphatic carboxylic acids is 1. The van der Waals surface area contributed by atoms with Crippen molar-refractivity contribution < 1.29 is 23.1 Å². The lowest BCUT2D eigenvalue weighted by Gasteiger charge is -2.11. The number of hydrogen-bond acceptors (Lipinski definition) is 2. The van der Waals surface area contributed by atoms with Crippen LogP contribution in [0.2, 0.25) is 0 Å². The molecule has 0 bridgehead atoms. The number of anilines is 1. The number of hydrogen-bond donors (Lipinski definition) is 2. The van der Waals surface area contributed by atoms with Gasteiger partial charge in [0, 0.05) is 30.1 Å². The molecule has 1 aromatic rings. The summed E-state index contributed by atoms with van der Waals surface area (Å²) in [6.07, 6.45) is 13.9. The third-order valence-corrected chi connectivity index (χ3v) is 5.44. The Hall–Kier alpha value is -2.16. The molecule has 2 N–H and O–H groups in total. The molecule has 1 aromatic carbocycles. The van der Waals surface area contributed by atoms with Gasteiger partial charge in [0.05, 0.1) is 0 Å². The minimum absolute atomic E-state index is 0.321. The summed E-state index contributed by atoms with van der Waals surface area (Å²) in [6.45, 7) is -0.612. The van der Waals surface area contributed by atoms with Crippen molar-refractivity contribution in [1.29, 1.82) is 0 Å². The Labute approximate surface area is 191 Å². The molecule has 0 aliphatic rings. The van der Waals surface area contributed by atoms with Crippen molar-refractivity contribution in [3.8, 4) is 11.8 Å². The van der Waals surface area contributed by atoms with Gasteiger partial charge in [-0.1, -0.05) is 76.5 Å². The summed E-state index contributed by atoms with van der Waals surface area (Å²) in [5.41, 5.74) is 1.71. The van der Waals surface area contributed by atoms with Gasteiger partial charge in [-0.3, -0.25) is 0 Å². The smallest absolute Gasteiger partial charge is 0.382 e. The second-order valence-corrected chi connectivity index (χ2v) is 8.40. The van der Waals surface area contributed by atoms with Crippen molar-refractivity contribution in [2.24, 2.45) is 0 Å². The molecule has 3 nitrogen and oxygen atoms in total. The third kappa shape index (κ3) is 15.6. The summed E-state index contributed by atoms with van der Waals surface area (Å²) < 4.78 is 37.5. The fourth-order valence-electron chi connectivity index (χ4n) is 3.55. The third-order valence-electron chi connectivity index (χ3n) is 5.44. The Kier molecular flexibility index (Phi) is 15.2. The molecular formula is C26H38F3NO2. The molecule has 0 fully saturated rings. The maximum atomic E-state index is 12.7. The molecule has 1 rings (SSSR count). The number of halogens is 3. The Morgan fingerprint density at radius 3 is 1.75 bits per heavy atom. The second-order valence-electron chi connectivity index (χ2n) is 8.40. The van der Waals surface area contributed by atoms with Crippen LogP contribution < -0.4 is 5.32 Å². The van der Waals surface area contributed by atoms with E-state index in [0.29, 0.717) is 12.0 Å². The Bertz CT molecular complexity index is 681. The number of carboxylic acids is 1. The van der Waals surface area contributed by atoms with Crippen molar-refractivity contribution >= 4 is 11.7 Å². The topological polar surface area (TPSA) is 49.3 Å². The molecular weight excluding hydrogens is 415 g/mol. The average molecular weight is 454 g/mol. The maximum absolute atomic E-state index is 12.7. The number of carboxylic acid groups (broad SMARTS) is 1. The molecule has 0 aliphatic heterocycles. The minimum atomic E-state index is -3.12. The molecule has 6 heteroatoms. The van der Waals surface area contributed by atoms with Gasteiger partial charge in [-0.2, -0.15) is 0 Å². The number of rotatable bonds is 18. The summed E-state index contributed by atoms with van der Waals surface area (Å²) in [4.78, 5) is 10.4. The summed E-state index contributed by atoms with van der Waals surface area (Å²) >= 11 is 0. The van der Waals surface area contributed by atoms with Crippen LogP contribution in [0, 0.1) is 11.8 Å². The lowest BCUT2D eigenvalue weighted by Crippen LogP contribution is -2.18. The molecule has 0 atom stereocenters. The summed E-state index contributed by atoms with van der Waals surface area (Å²) in [5.74, 6) is 0.446. The predicted molar refractivity (Wildman–Crippen MR) is 125 cm³/mol. The molecule has 0 radical (unpaired) electrons. The fourth-order valence-corrected chi connectivity index (χ4v) is 3.55. The largest absolute Gasteiger partial charge is 0.472 e. The highest BCUT2D eigenvalue weighted by molar-refractivity contribution is 5.87. The normalized spacial score (nSPS) is 11.1. The van der Waals surface area contributed by atoms with E-state index in [2.05, 4.69) is 17.2 Å². The van der Waals surface area contributed by atoms with E-state index in [1.165, 1.54) is 44.9 Å². The molecule has 180 valence electrons. The highest BCUT2D eigenvalue weighted by Gasteiger charge is 2.27. The van der Waals surface area contributed by atoms with Crippen LogP contribution in [-0.2, 0) is 4.79 Å². The molecule has 0 aliphatic carbocycles. The first-order valence-corrected chi connectivity index (χ1v) is 12.0. The van der Waals surface area contributed by atoms with Crippen LogP contribution in [0.5, 0.6) is 0 Å². The van der Waals surface area contributed by atoms with Gasteiger partial charge in [0.2, 0.25) is 0 Å².